The van der Waals surface area contributed by atoms with Crippen molar-refractivity contribution < 1.29 is 0 Å². The molecule has 1 N–H and O–H groups in total. The number of rotatable bonds is 1. The number of hydrogen-bond donors (Lipinski definition) is 1. The van der Waals surface area contributed by atoms with Gasteiger partial charge in [0.1, 0.15) is 5.01 Å². The minimum absolute atomic E-state index is 0.502. The largest absolute Gasteiger partial charge is 0.308 e. The fourth-order valence-electron chi connectivity index (χ4n) is 2.15. The summed E-state index contributed by atoms with van der Waals surface area (Å²) in [5.74, 6) is 0. The molecule has 0 saturated carbocycles. The van der Waals surface area contributed by atoms with Crippen LogP contribution in [0.1, 0.15) is 29.5 Å². The Bertz CT molecular complexity index is 483. The number of nitrogens with zero attached hydrogens (tertiary/aromatic N) is 1. The lowest BCUT2D eigenvalue weighted by atomic mass is 10.2. The molecule has 0 aliphatic carbocycles. The number of nitrogens with one attached hydrogen (secondary N) is 1. The Morgan fingerprint density at radius 3 is 3.13 bits per heavy atom. The lowest BCUT2D eigenvalue weighted by Crippen LogP contribution is -2.12. The van der Waals surface area contributed by atoms with E-state index in [2.05, 4.69) is 30.4 Å². The number of aryl methyl sites for hydroxylation is 1. The van der Waals surface area contributed by atoms with Crippen LogP contribution in [0.5, 0.6) is 0 Å². The number of hydrogen-bond acceptors (Lipinski definition) is 3. The predicted molar refractivity (Wildman–Crippen MR) is 64.3 cm³/mol. The first-order valence-corrected chi connectivity index (χ1v) is 6.26. The van der Waals surface area contributed by atoms with E-state index >= 15 is 0 Å². The van der Waals surface area contributed by atoms with Gasteiger partial charge in [-0.15, -0.1) is 11.3 Å². The highest BCUT2D eigenvalue weighted by Gasteiger charge is 2.19. The lowest BCUT2D eigenvalue weighted by Gasteiger charge is -2.03. The molecule has 1 unspecified atom stereocenters. The maximum absolute atomic E-state index is 4.75. The van der Waals surface area contributed by atoms with Crippen LogP contribution in [0.25, 0.3) is 10.2 Å². The molecular formula is C12H14N2S. The molecule has 0 bridgehead atoms. The van der Waals surface area contributed by atoms with Gasteiger partial charge in [-0.3, -0.25) is 0 Å². The third kappa shape index (κ3) is 1.56. The highest BCUT2D eigenvalue weighted by molar-refractivity contribution is 7.18. The summed E-state index contributed by atoms with van der Waals surface area (Å²) in [6.07, 6.45) is 2.51. The van der Waals surface area contributed by atoms with Crippen LogP contribution >= 0.6 is 11.3 Å². The minimum Gasteiger partial charge on any atom is -0.308 e. The molecule has 0 radical (unpaired) electrons. The normalized spacial score (nSPS) is 21.3. The van der Waals surface area contributed by atoms with E-state index in [-0.39, 0.29) is 0 Å². The molecule has 1 aliphatic heterocycles. The first-order chi connectivity index (χ1) is 7.34. The van der Waals surface area contributed by atoms with Crippen LogP contribution in [0.2, 0.25) is 0 Å². The molecule has 3 rings (SSSR count). The van der Waals surface area contributed by atoms with Crippen molar-refractivity contribution in [1.29, 1.82) is 0 Å². The average Bonchev–Trinajstić information content (AvgIpc) is 2.86. The number of fused-ring (bicyclic) bond motifs is 1. The van der Waals surface area contributed by atoms with Gasteiger partial charge in [0.05, 0.1) is 16.3 Å². The molecule has 15 heavy (non-hydrogen) atoms. The Morgan fingerprint density at radius 2 is 2.40 bits per heavy atom. The quantitative estimate of drug-likeness (QED) is 0.796. The van der Waals surface area contributed by atoms with Gasteiger partial charge in [-0.2, -0.15) is 0 Å². The third-order valence-corrected chi connectivity index (χ3v) is 4.13. The molecule has 0 amide bonds. The van der Waals surface area contributed by atoms with Gasteiger partial charge in [-0.1, -0.05) is 12.1 Å². The van der Waals surface area contributed by atoms with Crippen LogP contribution < -0.4 is 5.32 Å². The molecular weight excluding hydrogens is 204 g/mol. The first kappa shape index (κ1) is 9.31. The van der Waals surface area contributed by atoms with Crippen molar-refractivity contribution in [1.82, 2.24) is 10.3 Å². The van der Waals surface area contributed by atoms with Gasteiger partial charge in [0.2, 0.25) is 0 Å². The highest BCUT2D eigenvalue weighted by Crippen LogP contribution is 2.31. The van der Waals surface area contributed by atoms with E-state index in [1.54, 1.807) is 0 Å². The molecule has 3 heteroatoms. The number of para-hydroxylation sites is 1. The molecule has 1 atom stereocenters. The summed E-state index contributed by atoms with van der Waals surface area (Å²) in [5, 5.41) is 4.76. The summed E-state index contributed by atoms with van der Waals surface area (Å²) in [4.78, 5) is 4.75. The summed E-state index contributed by atoms with van der Waals surface area (Å²) < 4.78 is 1.32. The molecule has 1 aromatic carbocycles. The standard InChI is InChI=1S/C12H14N2S/c1-8-4-2-6-10-11(8)14-12(15-10)9-5-3-7-13-9/h2,4,6,9,13H,3,5,7H2,1H3. The van der Waals surface area contributed by atoms with Crippen molar-refractivity contribution in [3.8, 4) is 0 Å². The zero-order chi connectivity index (χ0) is 10.3. The van der Waals surface area contributed by atoms with Crippen molar-refractivity contribution in [2.75, 3.05) is 6.54 Å². The molecule has 0 spiro atoms. The van der Waals surface area contributed by atoms with Crippen molar-refractivity contribution in [2.24, 2.45) is 0 Å². The van der Waals surface area contributed by atoms with E-state index in [1.807, 2.05) is 11.3 Å². The third-order valence-electron chi connectivity index (χ3n) is 3.00. The van der Waals surface area contributed by atoms with E-state index < -0.39 is 0 Å². The lowest BCUT2D eigenvalue weighted by molar-refractivity contribution is 0.644. The van der Waals surface area contributed by atoms with Crippen LogP contribution in [-0.4, -0.2) is 11.5 Å². The maximum atomic E-state index is 4.75. The fraction of sp³-hybridized carbons (Fsp3) is 0.417. The Morgan fingerprint density at radius 1 is 1.47 bits per heavy atom. The molecule has 2 aromatic rings. The van der Waals surface area contributed by atoms with Gasteiger partial charge < -0.3 is 5.32 Å². The predicted octanol–water partition coefficient (Wildman–Crippen LogP) is 3.03. The summed E-state index contributed by atoms with van der Waals surface area (Å²) in [6, 6.07) is 6.91. The SMILES string of the molecule is Cc1cccc2sc(C3CCCN3)nc12. The zero-order valence-corrected chi connectivity index (χ0v) is 9.60. The van der Waals surface area contributed by atoms with E-state index in [1.165, 1.54) is 33.6 Å². The number of aromatic nitrogens is 1. The zero-order valence-electron chi connectivity index (χ0n) is 8.79. The second-order valence-corrected chi connectivity index (χ2v) is 5.18. The van der Waals surface area contributed by atoms with Gasteiger partial charge in [0.25, 0.3) is 0 Å². The Hall–Kier alpha value is -0.930. The summed E-state index contributed by atoms with van der Waals surface area (Å²) in [7, 11) is 0. The van der Waals surface area contributed by atoms with Crippen molar-refractivity contribution in [3.05, 3.63) is 28.8 Å². The smallest absolute Gasteiger partial charge is 0.111 e. The van der Waals surface area contributed by atoms with E-state index in [9.17, 15) is 0 Å². The van der Waals surface area contributed by atoms with E-state index in [0.717, 1.165) is 6.54 Å². The molecule has 2 nitrogen and oxygen atoms in total. The van der Waals surface area contributed by atoms with Crippen molar-refractivity contribution >= 4 is 21.6 Å². The van der Waals surface area contributed by atoms with Gasteiger partial charge >= 0.3 is 0 Å². The van der Waals surface area contributed by atoms with Crippen LogP contribution in [0.4, 0.5) is 0 Å². The van der Waals surface area contributed by atoms with Crippen LogP contribution in [0.3, 0.4) is 0 Å². The van der Waals surface area contributed by atoms with Crippen LogP contribution in [0, 0.1) is 6.92 Å². The van der Waals surface area contributed by atoms with E-state index in [0.29, 0.717) is 6.04 Å². The summed E-state index contributed by atoms with van der Waals surface area (Å²) in [6.45, 7) is 3.27. The second-order valence-electron chi connectivity index (χ2n) is 4.12. The summed E-state index contributed by atoms with van der Waals surface area (Å²) in [5.41, 5.74) is 2.47. The fourth-order valence-corrected chi connectivity index (χ4v) is 3.30. The van der Waals surface area contributed by atoms with Gasteiger partial charge in [0.15, 0.2) is 0 Å². The molecule has 2 heterocycles. The van der Waals surface area contributed by atoms with Gasteiger partial charge in [-0.05, 0) is 37.9 Å². The second kappa shape index (κ2) is 3.58. The Balaban J connectivity index is 2.09. The van der Waals surface area contributed by atoms with Crippen LogP contribution in [-0.2, 0) is 0 Å². The molecule has 1 saturated heterocycles. The minimum atomic E-state index is 0.502. The number of thiazole rings is 1. The molecule has 1 aromatic heterocycles. The van der Waals surface area contributed by atoms with Crippen LogP contribution in [0.15, 0.2) is 18.2 Å². The Labute approximate surface area is 93.3 Å². The van der Waals surface area contributed by atoms with Gasteiger partial charge in [-0.25, -0.2) is 4.98 Å². The Kier molecular flexibility index (Phi) is 2.22. The first-order valence-electron chi connectivity index (χ1n) is 5.44. The van der Waals surface area contributed by atoms with Crippen molar-refractivity contribution in [3.63, 3.8) is 0 Å². The highest BCUT2D eigenvalue weighted by atomic mass is 32.1. The van der Waals surface area contributed by atoms with Crippen molar-refractivity contribution in [2.45, 2.75) is 25.8 Å². The topological polar surface area (TPSA) is 24.9 Å². The maximum Gasteiger partial charge on any atom is 0.111 e. The molecule has 1 aliphatic rings. The van der Waals surface area contributed by atoms with E-state index in [4.69, 9.17) is 4.98 Å². The van der Waals surface area contributed by atoms with Gasteiger partial charge in [0, 0.05) is 0 Å². The molecule has 1 fully saturated rings. The average molecular weight is 218 g/mol. The monoisotopic (exact) mass is 218 g/mol. The summed E-state index contributed by atoms with van der Waals surface area (Å²) >= 11 is 1.84. The number of benzene rings is 1. The molecule has 78 valence electrons.